The third-order valence-electron chi connectivity index (χ3n) is 1.87. The van der Waals surface area contributed by atoms with Crippen LogP contribution in [0.1, 0.15) is 20.3 Å². The predicted octanol–water partition coefficient (Wildman–Crippen LogP) is 1.07. The van der Waals surface area contributed by atoms with Crippen LogP contribution in [-0.4, -0.2) is 30.8 Å². The molecular weight excluding hydrogens is 114 g/mol. The molecule has 1 fully saturated rings. The molecule has 0 aromatic heterocycles. The Morgan fingerprint density at radius 2 is 2.44 bits per heavy atom. The van der Waals surface area contributed by atoms with Gasteiger partial charge in [0.25, 0.3) is 0 Å². The average molecular weight is 129 g/mol. The van der Waals surface area contributed by atoms with Crippen molar-refractivity contribution in [1.82, 2.24) is 4.90 Å². The second kappa shape index (κ2) is 3.18. The summed E-state index contributed by atoms with van der Waals surface area (Å²) in [4.78, 5) is 2.34. The summed E-state index contributed by atoms with van der Waals surface area (Å²) in [7, 11) is 0. The molecule has 0 spiro atoms. The molecule has 1 aliphatic heterocycles. The number of ether oxygens (including phenoxy) is 1. The van der Waals surface area contributed by atoms with E-state index in [0.29, 0.717) is 6.23 Å². The van der Waals surface area contributed by atoms with Gasteiger partial charge in [0.05, 0.1) is 0 Å². The van der Waals surface area contributed by atoms with Gasteiger partial charge in [-0.1, -0.05) is 6.92 Å². The number of rotatable bonds is 1. The highest BCUT2D eigenvalue weighted by molar-refractivity contribution is 4.61. The van der Waals surface area contributed by atoms with Crippen LogP contribution in [0.2, 0.25) is 0 Å². The molecule has 0 N–H and O–H groups in total. The van der Waals surface area contributed by atoms with Gasteiger partial charge in [-0.3, -0.25) is 4.90 Å². The third kappa shape index (κ3) is 1.66. The summed E-state index contributed by atoms with van der Waals surface area (Å²) in [5, 5.41) is 0. The van der Waals surface area contributed by atoms with Crippen LogP contribution in [0, 0.1) is 0 Å². The standard InChI is InChI=1S/C7H15NO/c1-3-8-5-4-6-9-7(8)2/h7H,3-6H2,1-2H3/t7-/m1/s1. The van der Waals surface area contributed by atoms with Crippen molar-refractivity contribution in [3.05, 3.63) is 0 Å². The molecular formula is C7H15NO. The minimum absolute atomic E-state index is 0.351. The lowest BCUT2D eigenvalue weighted by Gasteiger charge is -2.31. The normalized spacial score (nSPS) is 30.7. The smallest absolute Gasteiger partial charge is 0.107 e. The fraction of sp³-hybridized carbons (Fsp3) is 1.00. The Hall–Kier alpha value is -0.0800. The van der Waals surface area contributed by atoms with E-state index < -0.39 is 0 Å². The Balaban J connectivity index is 2.30. The monoisotopic (exact) mass is 129 g/mol. The van der Waals surface area contributed by atoms with E-state index in [1.165, 1.54) is 13.0 Å². The van der Waals surface area contributed by atoms with E-state index in [2.05, 4.69) is 18.7 Å². The Labute approximate surface area is 56.8 Å². The molecule has 0 aliphatic carbocycles. The summed E-state index contributed by atoms with van der Waals surface area (Å²) in [6, 6.07) is 0. The van der Waals surface area contributed by atoms with Crippen molar-refractivity contribution in [1.29, 1.82) is 0 Å². The zero-order valence-electron chi connectivity index (χ0n) is 6.26. The zero-order valence-corrected chi connectivity index (χ0v) is 6.26. The molecule has 0 saturated carbocycles. The van der Waals surface area contributed by atoms with Crippen molar-refractivity contribution in [3.8, 4) is 0 Å². The Kier molecular flexibility index (Phi) is 2.49. The fourth-order valence-corrected chi connectivity index (χ4v) is 1.22. The molecule has 2 heteroatoms. The maximum atomic E-state index is 5.41. The molecule has 0 bridgehead atoms. The van der Waals surface area contributed by atoms with E-state index in [-0.39, 0.29) is 0 Å². The van der Waals surface area contributed by atoms with E-state index in [1.54, 1.807) is 0 Å². The van der Waals surface area contributed by atoms with Crippen LogP contribution in [0.15, 0.2) is 0 Å². The van der Waals surface area contributed by atoms with Crippen LogP contribution in [0.3, 0.4) is 0 Å². The van der Waals surface area contributed by atoms with Crippen LogP contribution in [-0.2, 0) is 4.74 Å². The summed E-state index contributed by atoms with van der Waals surface area (Å²) in [6.07, 6.45) is 1.54. The van der Waals surface area contributed by atoms with Crippen LogP contribution >= 0.6 is 0 Å². The van der Waals surface area contributed by atoms with Crippen molar-refractivity contribution in [2.24, 2.45) is 0 Å². The van der Waals surface area contributed by atoms with Gasteiger partial charge in [-0.05, 0) is 19.9 Å². The molecule has 1 rings (SSSR count). The van der Waals surface area contributed by atoms with Gasteiger partial charge in [-0.15, -0.1) is 0 Å². The van der Waals surface area contributed by atoms with Crippen LogP contribution < -0.4 is 0 Å². The van der Waals surface area contributed by atoms with Crippen molar-refractivity contribution in [2.75, 3.05) is 19.7 Å². The molecule has 0 aromatic rings. The summed E-state index contributed by atoms with van der Waals surface area (Å²) in [5.74, 6) is 0. The van der Waals surface area contributed by atoms with Crippen molar-refractivity contribution in [3.63, 3.8) is 0 Å². The zero-order chi connectivity index (χ0) is 6.69. The molecule has 0 radical (unpaired) electrons. The summed E-state index contributed by atoms with van der Waals surface area (Å²) in [6.45, 7) is 7.55. The van der Waals surface area contributed by atoms with Crippen LogP contribution in [0.4, 0.5) is 0 Å². The Bertz CT molecular complexity index is 85.0. The second-order valence-corrected chi connectivity index (χ2v) is 2.45. The fourth-order valence-electron chi connectivity index (χ4n) is 1.22. The summed E-state index contributed by atoms with van der Waals surface area (Å²) in [5.41, 5.74) is 0. The third-order valence-corrected chi connectivity index (χ3v) is 1.87. The lowest BCUT2D eigenvalue weighted by Crippen LogP contribution is -2.40. The number of hydrogen-bond donors (Lipinski definition) is 0. The predicted molar refractivity (Wildman–Crippen MR) is 37.3 cm³/mol. The maximum Gasteiger partial charge on any atom is 0.107 e. The van der Waals surface area contributed by atoms with Gasteiger partial charge in [0, 0.05) is 13.2 Å². The quantitative estimate of drug-likeness (QED) is 0.525. The van der Waals surface area contributed by atoms with E-state index in [4.69, 9.17) is 4.74 Å². The first kappa shape index (κ1) is 7.03. The van der Waals surface area contributed by atoms with Crippen molar-refractivity contribution < 1.29 is 4.74 Å². The van der Waals surface area contributed by atoms with E-state index >= 15 is 0 Å². The topological polar surface area (TPSA) is 12.5 Å². The lowest BCUT2D eigenvalue weighted by atomic mass is 10.3. The van der Waals surface area contributed by atoms with Gasteiger partial charge in [-0.25, -0.2) is 0 Å². The van der Waals surface area contributed by atoms with Crippen LogP contribution in [0.25, 0.3) is 0 Å². The molecule has 0 unspecified atom stereocenters. The molecule has 1 saturated heterocycles. The molecule has 1 heterocycles. The first-order valence-electron chi connectivity index (χ1n) is 3.70. The molecule has 2 nitrogen and oxygen atoms in total. The minimum Gasteiger partial charge on any atom is -0.363 e. The molecule has 1 aliphatic rings. The van der Waals surface area contributed by atoms with Crippen molar-refractivity contribution in [2.45, 2.75) is 26.5 Å². The summed E-state index contributed by atoms with van der Waals surface area (Å²) < 4.78 is 5.41. The van der Waals surface area contributed by atoms with Gasteiger partial charge in [-0.2, -0.15) is 0 Å². The highest BCUT2D eigenvalue weighted by Gasteiger charge is 2.15. The lowest BCUT2D eigenvalue weighted by molar-refractivity contribution is -0.0808. The average Bonchev–Trinajstić information content (AvgIpc) is 1.89. The Morgan fingerprint density at radius 1 is 1.67 bits per heavy atom. The molecule has 54 valence electrons. The van der Waals surface area contributed by atoms with Crippen LogP contribution in [0.5, 0.6) is 0 Å². The van der Waals surface area contributed by atoms with Gasteiger partial charge >= 0.3 is 0 Å². The highest BCUT2D eigenvalue weighted by atomic mass is 16.5. The first-order chi connectivity index (χ1) is 4.34. The van der Waals surface area contributed by atoms with E-state index in [1.807, 2.05) is 0 Å². The van der Waals surface area contributed by atoms with Crippen molar-refractivity contribution >= 4 is 0 Å². The molecule has 9 heavy (non-hydrogen) atoms. The SMILES string of the molecule is CCN1CCCO[C@@H]1C. The van der Waals surface area contributed by atoms with Gasteiger partial charge in [0.15, 0.2) is 0 Å². The van der Waals surface area contributed by atoms with Gasteiger partial charge in [0.2, 0.25) is 0 Å². The molecule has 0 amide bonds. The largest absolute Gasteiger partial charge is 0.363 e. The Morgan fingerprint density at radius 3 is 2.89 bits per heavy atom. The van der Waals surface area contributed by atoms with Gasteiger partial charge in [0.1, 0.15) is 6.23 Å². The number of hydrogen-bond acceptors (Lipinski definition) is 2. The molecule has 1 atom stereocenters. The second-order valence-electron chi connectivity index (χ2n) is 2.45. The van der Waals surface area contributed by atoms with E-state index in [0.717, 1.165) is 13.2 Å². The minimum atomic E-state index is 0.351. The van der Waals surface area contributed by atoms with Gasteiger partial charge < -0.3 is 4.74 Å². The summed E-state index contributed by atoms with van der Waals surface area (Å²) >= 11 is 0. The maximum absolute atomic E-state index is 5.41. The number of nitrogens with zero attached hydrogens (tertiary/aromatic N) is 1. The van der Waals surface area contributed by atoms with E-state index in [9.17, 15) is 0 Å². The molecule has 0 aromatic carbocycles. The first-order valence-corrected chi connectivity index (χ1v) is 3.70. The highest BCUT2D eigenvalue weighted by Crippen LogP contribution is 2.07.